The number of Topliss-reactive ketones (excluding diaryl/α,β-unsaturated/α-hetero) is 1. The summed E-state index contributed by atoms with van der Waals surface area (Å²) in [6, 6.07) is 1.27. The highest BCUT2D eigenvalue weighted by molar-refractivity contribution is 7.18. The summed E-state index contributed by atoms with van der Waals surface area (Å²) in [5, 5.41) is 11.7. The van der Waals surface area contributed by atoms with Crippen LogP contribution in [0, 0.1) is 10.1 Å². The summed E-state index contributed by atoms with van der Waals surface area (Å²) in [4.78, 5) is 24.5. The normalized spacial score (nSPS) is 12.2. The summed E-state index contributed by atoms with van der Waals surface area (Å²) in [6.45, 7) is 4.65. The number of anilines is 1. The summed E-state index contributed by atoms with van der Waals surface area (Å²) < 4.78 is 10.2. The number of methoxy groups -OCH3 is 2. The Labute approximate surface area is 127 Å². The second-order valence-corrected chi connectivity index (χ2v) is 5.64. The number of hydrogen-bond acceptors (Lipinski definition) is 7. The first-order valence-electron chi connectivity index (χ1n) is 6.46. The molecule has 0 aromatic carbocycles. The average molecular weight is 316 g/mol. The van der Waals surface area contributed by atoms with Crippen molar-refractivity contribution in [3.05, 3.63) is 21.1 Å². The Morgan fingerprint density at radius 1 is 1.48 bits per heavy atom. The molecule has 118 valence electrons. The van der Waals surface area contributed by atoms with Gasteiger partial charge in [-0.25, -0.2) is 0 Å². The predicted octanol–water partition coefficient (Wildman–Crippen LogP) is 2.35. The van der Waals surface area contributed by atoms with E-state index in [0.29, 0.717) is 29.6 Å². The summed E-state index contributed by atoms with van der Waals surface area (Å²) in [5.74, 6) is -0.180. The highest BCUT2D eigenvalue weighted by Crippen LogP contribution is 2.38. The fraction of sp³-hybridized carbons (Fsp3) is 0.615. The van der Waals surface area contributed by atoms with E-state index in [4.69, 9.17) is 9.47 Å². The van der Waals surface area contributed by atoms with Crippen molar-refractivity contribution in [1.82, 2.24) is 0 Å². The molecule has 1 rings (SSSR count). The van der Waals surface area contributed by atoms with Crippen LogP contribution in [0.15, 0.2) is 6.07 Å². The maximum atomic E-state index is 11.5. The zero-order chi connectivity index (χ0) is 16.0. The first-order valence-corrected chi connectivity index (χ1v) is 7.27. The summed E-state index contributed by atoms with van der Waals surface area (Å²) >= 11 is 1.13. The van der Waals surface area contributed by atoms with Crippen LogP contribution in [0.25, 0.3) is 0 Å². The minimum absolute atomic E-state index is 0.0516. The van der Waals surface area contributed by atoms with Gasteiger partial charge in [0.05, 0.1) is 29.1 Å². The number of thiophene rings is 1. The van der Waals surface area contributed by atoms with E-state index in [1.165, 1.54) is 13.0 Å². The second kappa shape index (κ2) is 8.06. The van der Waals surface area contributed by atoms with E-state index < -0.39 is 4.92 Å². The molecule has 0 radical (unpaired) electrons. The molecule has 0 fully saturated rings. The van der Waals surface area contributed by atoms with E-state index >= 15 is 0 Å². The van der Waals surface area contributed by atoms with Crippen molar-refractivity contribution in [3.63, 3.8) is 0 Å². The van der Waals surface area contributed by atoms with Crippen LogP contribution in [0.1, 0.15) is 23.5 Å². The third kappa shape index (κ3) is 4.48. The van der Waals surface area contributed by atoms with Crippen LogP contribution in [0.5, 0.6) is 0 Å². The molecular weight excluding hydrogens is 296 g/mol. The Balaban J connectivity index is 3.20. The van der Waals surface area contributed by atoms with Crippen LogP contribution >= 0.6 is 11.3 Å². The van der Waals surface area contributed by atoms with Crippen molar-refractivity contribution in [1.29, 1.82) is 0 Å². The minimum Gasteiger partial charge on any atom is -0.383 e. The Kier molecular flexibility index (Phi) is 6.73. The highest BCUT2D eigenvalue weighted by Gasteiger charge is 2.28. The molecule has 1 aromatic rings. The van der Waals surface area contributed by atoms with Gasteiger partial charge in [0.15, 0.2) is 10.8 Å². The van der Waals surface area contributed by atoms with Crippen molar-refractivity contribution in [3.8, 4) is 0 Å². The van der Waals surface area contributed by atoms with Crippen LogP contribution in [0.2, 0.25) is 0 Å². The van der Waals surface area contributed by atoms with E-state index in [2.05, 4.69) is 0 Å². The lowest BCUT2D eigenvalue weighted by Crippen LogP contribution is -2.38. The molecule has 0 N–H and O–H groups in total. The molecule has 0 amide bonds. The third-order valence-electron chi connectivity index (χ3n) is 2.97. The first-order chi connectivity index (χ1) is 9.92. The van der Waals surface area contributed by atoms with E-state index in [1.54, 1.807) is 14.2 Å². The molecule has 0 aliphatic carbocycles. The van der Waals surface area contributed by atoms with Gasteiger partial charge in [-0.3, -0.25) is 14.9 Å². The largest absolute Gasteiger partial charge is 0.383 e. The van der Waals surface area contributed by atoms with Crippen LogP contribution in [0.3, 0.4) is 0 Å². The topological polar surface area (TPSA) is 81.9 Å². The molecule has 1 unspecified atom stereocenters. The Morgan fingerprint density at radius 3 is 2.62 bits per heavy atom. The van der Waals surface area contributed by atoms with Crippen LogP contribution < -0.4 is 4.90 Å². The molecular formula is C13H20N2O5S. The molecule has 0 saturated carbocycles. The molecule has 8 heteroatoms. The van der Waals surface area contributed by atoms with Gasteiger partial charge in [0.1, 0.15) is 0 Å². The third-order valence-corrected chi connectivity index (χ3v) is 4.24. The lowest BCUT2D eigenvalue weighted by molar-refractivity contribution is -0.383. The lowest BCUT2D eigenvalue weighted by atomic mass is 10.2. The predicted molar refractivity (Wildman–Crippen MR) is 81.5 cm³/mol. The molecule has 1 heterocycles. The van der Waals surface area contributed by atoms with Gasteiger partial charge in [0.25, 0.3) is 0 Å². The fourth-order valence-corrected chi connectivity index (χ4v) is 3.07. The van der Waals surface area contributed by atoms with E-state index in [-0.39, 0.29) is 17.5 Å². The van der Waals surface area contributed by atoms with Crippen molar-refractivity contribution in [2.24, 2.45) is 0 Å². The first kappa shape index (κ1) is 17.5. The van der Waals surface area contributed by atoms with E-state index in [1.807, 2.05) is 11.8 Å². The van der Waals surface area contributed by atoms with Gasteiger partial charge < -0.3 is 14.4 Å². The Morgan fingerprint density at radius 2 is 2.14 bits per heavy atom. The quantitative estimate of drug-likeness (QED) is 0.395. The molecule has 0 aliphatic rings. The smallest absolute Gasteiger partial charge is 0.304 e. The molecule has 1 aromatic heterocycles. The van der Waals surface area contributed by atoms with Crippen molar-refractivity contribution >= 4 is 27.8 Å². The molecule has 0 aliphatic heterocycles. The number of carbonyl (C=O) groups is 1. The zero-order valence-electron chi connectivity index (χ0n) is 12.6. The van der Waals surface area contributed by atoms with E-state index in [9.17, 15) is 14.9 Å². The van der Waals surface area contributed by atoms with Gasteiger partial charge in [0, 0.05) is 26.8 Å². The van der Waals surface area contributed by atoms with Crippen LogP contribution in [0.4, 0.5) is 10.7 Å². The molecule has 7 nitrogen and oxygen atoms in total. The molecule has 0 saturated heterocycles. The second-order valence-electron chi connectivity index (χ2n) is 4.60. The summed E-state index contributed by atoms with van der Waals surface area (Å²) in [6.07, 6.45) is 0. The number of nitrogens with zero attached hydrogens (tertiary/aromatic N) is 2. The van der Waals surface area contributed by atoms with Gasteiger partial charge in [0.2, 0.25) is 0 Å². The number of carbonyl (C=O) groups excluding carboxylic acids is 1. The zero-order valence-corrected chi connectivity index (χ0v) is 13.4. The number of ketones is 1. The number of rotatable bonds is 9. The minimum atomic E-state index is -0.461. The summed E-state index contributed by atoms with van der Waals surface area (Å²) in [5.41, 5.74) is -0.0516. The highest BCUT2D eigenvalue weighted by atomic mass is 32.1. The van der Waals surface area contributed by atoms with Crippen molar-refractivity contribution < 1.29 is 19.2 Å². The monoisotopic (exact) mass is 316 g/mol. The molecule has 0 bridgehead atoms. The van der Waals surface area contributed by atoms with Gasteiger partial charge in [-0.2, -0.15) is 0 Å². The maximum Gasteiger partial charge on any atom is 0.304 e. The maximum absolute atomic E-state index is 11.5. The van der Waals surface area contributed by atoms with Crippen molar-refractivity contribution in [2.75, 3.05) is 38.9 Å². The Bertz CT molecular complexity index is 503. The van der Waals surface area contributed by atoms with Gasteiger partial charge in [-0.05, 0) is 13.8 Å². The fourth-order valence-electron chi connectivity index (χ4n) is 1.92. The Hall–Kier alpha value is -1.51. The molecule has 1 atom stereocenters. The number of hydrogen-bond donors (Lipinski definition) is 0. The van der Waals surface area contributed by atoms with Gasteiger partial charge >= 0.3 is 5.69 Å². The van der Waals surface area contributed by atoms with E-state index in [0.717, 1.165) is 11.3 Å². The van der Waals surface area contributed by atoms with Gasteiger partial charge in [-0.15, -0.1) is 11.3 Å². The van der Waals surface area contributed by atoms with Crippen LogP contribution in [-0.2, 0) is 9.47 Å². The molecule has 0 spiro atoms. The SMILES string of the molecule is COCCN(c1sc(C(C)=O)cc1[N+](=O)[O-])C(C)COC. The van der Waals surface area contributed by atoms with Crippen LogP contribution in [-0.4, -0.2) is 50.7 Å². The average Bonchev–Trinajstić information content (AvgIpc) is 2.85. The lowest BCUT2D eigenvalue weighted by Gasteiger charge is -2.28. The number of nitro groups is 1. The standard InChI is InChI=1S/C13H20N2O5S/c1-9(8-20-4)14(5-6-19-3)13-11(15(17)18)7-12(21-13)10(2)16/h7,9H,5-6,8H2,1-4H3. The summed E-state index contributed by atoms with van der Waals surface area (Å²) in [7, 11) is 3.15. The van der Waals surface area contributed by atoms with Gasteiger partial charge in [-0.1, -0.05) is 0 Å². The number of ether oxygens (including phenoxy) is 2. The molecule has 21 heavy (non-hydrogen) atoms. The van der Waals surface area contributed by atoms with Crippen molar-refractivity contribution in [2.45, 2.75) is 19.9 Å².